The van der Waals surface area contributed by atoms with Gasteiger partial charge in [0.25, 0.3) is 0 Å². The first-order chi connectivity index (χ1) is 9.65. The lowest BCUT2D eigenvalue weighted by Gasteiger charge is -2.19. The lowest BCUT2D eigenvalue weighted by molar-refractivity contribution is -0.129. The van der Waals surface area contributed by atoms with Gasteiger partial charge in [-0.25, -0.2) is 0 Å². The summed E-state index contributed by atoms with van der Waals surface area (Å²) >= 11 is 0. The zero-order valence-electron chi connectivity index (χ0n) is 11.9. The lowest BCUT2D eigenvalue weighted by atomic mass is 10.0. The molecule has 2 unspecified atom stereocenters. The normalized spacial score (nSPS) is 25.0. The summed E-state index contributed by atoms with van der Waals surface area (Å²) in [7, 11) is 0. The van der Waals surface area contributed by atoms with Gasteiger partial charge in [-0.1, -0.05) is 18.2 Å². The maximum absolute atomic E-state index is 12.1. The van der Waals surface area contributed by atoms with Gasteiger partial charge in [0.05, 0.1) is 12.6 Å². The molecule has 3 rings (SSSR count). The van der Waals surface area contributed by atoms with Crippen molar-refractivity contribution in [3.05, 3.63) is 34.9 Å². The molecule has 0 bridgehead atoms. The fraction of sp³-hybridized carbons (Fsp3) is 0.562. The second kappa shape index (κ2) is 5.54. The first-order valence-electron chi connectivity index (χ1n) is 7.43. The Labute approximate surface area is 119 Å². The van der Waals surface area contributed by atoms with Crippen molar-refractivity contribution < 1.29 is 9.90 Å². The highest BCUT2D eigenvalue weighted by Crippen LogP contribution is 2.32. The van der Waals surface area contributed by atoms with Crippen LogP contribution >= 0.6 is 0 Å². The molecule has 1 aliphatic heterocycles. The van der Waals surface area contributed by atoms with Crippen molar-refractivity contribution in [2.24, 2.45) is 0 Å². The van der Waals surface area contributed by atoms with Gasteiger partial charge in [-0.3, -0.25) is 4.79 Å². The van der Waals surface area contributed by atoms with E-state index < -0.39 is 0 Å². The van der Waals surface area contributed by atoms with E-state index >= 15 is 0 Å². The van der Waals surface area contributed by atoms with Gasteiger partial charge in [0, 0.05) is 19.1 Å². The van der Waals surface area contributed by atoms with E-state index in [1.54, 1.807) is 4.90 Å². The average molecular weight is 274 g/mol. The van der Waals surface area contributed by atoms with Gasteiger partial charge in [0.15, 0.2) is 0 Å². The fourth-order valence-electron chi connectivity index (χ4n) is 3.34. The minimum atomic E-state index is -0.339. The monoisotopic (exact) mass is 274 g/mol. The highest BCUT2D eigenvalue weighted by molar-refractivity contribution is 5.78. The molecule has 1 saturated heterocycles. The Morgan fingerprint density at radius 2 is 2.30 bits per heavy atom. The van der Waals surface area contributed by atoms with E-state index in [9.17, 15) is 9.90 Å². The van der Waals surface area contributed by atoms with Gasteiger partial charge in [-0.15, -0.1) is 0 Å². The molecule has 1 fully saturated rings. The van der Waals surface area contributed by atoms with Crippen LogP contribution in [-0.4, -0.2) is 41.7 Å². The number of likely N-dealkylation sites (tertiary alicyclic amines) is 1. The van der Waals surface area contributed by atoms with E-state index in [1.807, 2.05) is 0 Å². The molecule has 4 nitrogen and oxygen atoms in total. The predicted octanol–water partition coefficient (Wildman–Crippen LogP) is 1.17. The maximum atomic E-state index is 12.1. The molecule has 0 saturated carbocycles. The van der Waals surface area contributed by atoms with Crippen LogP contribution < -0.4 is 5.32 Å². The lowest BCUT2D eigenvalue weighted by Crippen LogP contribution is -2.38. The van der Waals surface area contributed by atoms with Gasteiger partial charge in [0.1, 0.15) is 0 Å². The van der Waals surface area contributed by atoms with Crippen molar-refractivity contribution in [1.82, 2.24) is 10.2 Å². The number of fused-ring (bicyclic) bond motifs is 1. The van der Waals surface area contributed by atoms with Crippen LogP contribution in [0.3, 0.4) is 0 Å². The number of rotatable bonds is 3. The summed E-state index contributed by atoms with van der Waals surface area (Å²) in [4.78, 5) is 13.8. The largest absolute Gasteiger partial charge is 0.391 e. The van der Waals surface area contributed by atoms with Crippen LogP contribution in [0.4, 0.5) is 0 Å². The van der Waals surface area contributed by atoms with Crippen LogP contribution in [0.1, 0.15) is 35.6 Å². The molecule has 0 spiro atoms. The summed E-state index contributed by atoms with van der Waals surface area (Å²) in [6.45, 7) is 3.69. The Balaban J connectivity index is 1.58. The zero-order valence-corrected chi connectivity index (χ0v) is 11.9. The molecule has 108 valence electrons. The van der Waals surface area contributed by atoms with Gasteiger partial charge < -0.3 is 15.3 Å². The third-order valence-electron chi connectivity index (χ3n) is 4.52. The third-order valence-corrected chi connectivity index (χ3v) is 4.52. The number of carbonyl (C=O) groups is 1. The Morgan fingerprint density at radius 3 is 3.05 bits per heavy atom. The quantitative estimate of drug-likeness (QED) is 0.870. The number of aliphatic hydroxyl groups excluding tert-OH is 1. The zero-order chi connectivity index (χ0) is 14.1. The van der Waals surface area contributed by atoms with E-state index in [2.05, 4.69) is 30.4 Å². The Morgan fingerprint density at radius 1 is 1.45 bits per heavy atom. The number of amides is 1. The standard InChI is InChI=1S/C16H22N2O2/c1-11-3-2-4-14-13(11)5-6-15(14)17-9-16(20)18-8-7-12(19)10-18/h2-4,12,15,17,19H,5-10H2,1H3. The van der Waals surface area contributed by atoms with E-state index in [0.717, 1.165) is 12.8 Å². The van der Waals surface area contributed by atoms with Crippen LogP contribution in [0, 0.1) is 6.92 Å². The molecule has 0 radical (unpaired) electrons. The smallest absolute Gasteiger partial charge is 0.236 e. The molecule has 1 aliphatic carbocycles. The summed E-state index contributed by atoms with van der Waals surface area (Å²) in [5.41, 5.74) is 4.13. The van der Waals surface area contributed by atoms with Crippen molar-refractivity contribution in [3.8, 4) is 0 Å². The van der Waals surface area contributed by atoms with Crippen molar-refractivity contribution >= 4 is 5.91 Å². The molecule has 4 heteroatoms. The highest BCUT2D eigenvalue weighted by atomic mass is 16.3. The van der Waals surface area contributed by atoms with Crippen LogP contribution in [0.15, 0.2) is 18.2 Å². The number of carbonyl (C=O) groups excluding carboxylic acids is 1. The molecule has 0 aromatic heterocycles. The average Bonchev–Trinajstić information content (AvgIpc) is 3.03. The molecule has 1 amide bonds. The number of nitrogens with one attached hydrogen (secondary N) is 1. The van der Waals surface area contributed by atoms with Crippen molar-refractivity contribution in [3.63, 3.8) is 0 Å². The van der Waals surface area contributed by atoms with Crippen molar-refractivity contribution in [2.75, 3.05) is 19.6 Å². The summed E-state index contributed by atoms with van der Waals surface area (Å²) in [6.07, 6.45) is 2.53. The third kappa shape index (κ3) is 2.58. The number of hydrogen-bond acceptors (Lipinski definition) is 3. The van der Waals surface area contributed by atoms with E-state index in [0.29, 0.717) is 32.1 Å². The summed E-state index contributed by atoms with van der Waals surface area (Å²) in [5.74, 6) is 0.0997. The van der Waals surface area contributed by atoms with Crippen LogP contribution in [-0.2, 0) is 11.2 Å². The van der Waals surface area contributed by atoms with E-state index in [4.69, 9.17) is 0 Å². The number of benzene rings is 1. The van der Waals surface area contributed by atoms with Crippen LogP contribution in [0.25, 0.3) is 0 Å². The number of aryl methyl sites for hydroxylation is 1. The van der Waals surface area contributed by atoms with Crippen molar-refractivity contribution in [1.29, 1.82) is 0 Å². The molecular weight excluding hydrogens is 252 g/mol. The molecule has 2 aliphatic rings. The molecule has 1 heterocycles. The Bertz CT molecular complexity index is 515. The number of aliphatic hydroxyl groups is 1. The number of hydrogen-bond donors (Lipinski definition) is 2. The molecule has 1 aromatic rings. The highest BCUT2D eigenvalue weighted by Gasteiger charge is 2.27. The predicted molar refractivity (Wildman–Crippen MR) is 77.4 cm³/mol. The molecule has 2 atom stereocenters. The van der Waals surface area contributed by atoms with Gasteiger partial charge in [-0.2, -0.15) is 0 Å². The minimum absolute atomic E-state index is 0.0997. The van der Waals surface area contributed by atoms with Crippen LogP contribution in [0.5, 0.6) is 0 Å². The topological polar surface area (TPSA) is 52.6 Å². The fourth-order valence-corrected chi connectivity index (χ4v) is 3.34. The SMILES string of the molecule is Cc1cccc2c1CCC2NCC(=O)N1CCC(O)C1. The maximum Gasteiger partial charge on any atom is 0.236 e. The van der Waals surface area contributed by atoms with Gasteiger partial charge in [-0.05, 0) is 42.9 Å². The second-order valence-corrected chi connectivity index (χ2v) is 5.90. The molecule has 2 N–H and O–H groups in total. The van der Waals surface area contributed by atoms with Crippen molar-refractivity contribution in [2.45, 2.75) is 38.3 Å². The minimum Gasteiger partial charge on any atom is -0.391 e. The van der Waals surface area contributed by atoms with E-state index in [1.165, 1.54) is 16.7 Å². The molecule has 20 heavy (non-hydrogen) atoms. The number of β-amino-alcohol motifs (C(OH)–C–C–N with tert-alkyl or cyclic N) is 1. The Kier molecular flexibility index (Phi) is 3.76. The summed E-state index contributed by atoms with van der Waals surface area (Å²) in [6, 6.07) is 6.70. The van der Waals surface area contributed by atoms with Gasteiger partial charge >= 0.3 is 0 Å². The van der Waals surface area contributed by atoms with Crippen LogP contribution in [0.2, 0.25) is 0 Å². The molecule has 1 aromatic carbocycles. The summed E-state index contributed by atoms with van der Waals surface area (Å²) < 4.78 is 0. The Hall–Kier alpha value is -1.39. The first-order valence-corrected chi connectivity index (χ1v) is 7.43. The van der Waals surface area contributed by atoms with Gasteiger partial charge in [0.2, 0.25) is 5.91 Å². The summed E-state index contributed by atoms with van der Waals surface area (Å²) in [5, 5.41) is 12.9. The molecular formula is C16H22N2O2. The number of nitrogens with zero attached hydrogens (tertiary/aromatic N) is 1. The second-order valence-electron chi connectivity index (χ2n) is 5.90. The van der Waals surface area contributed by atoms with E-state index in [-0.39, 0.29) is 12.0 Å². The first kappa shape index (κ1) is 13.6.